The van der Waals surface area contributed by atoms with E-state index >= 15 is 0 Å². The quantitative estimate of drug-likeness (QED) is 0.517. The summed E-state index contributed by atoms with van der Waals surface area (Å²) in [5, 5.41) is 3.23. The molecule has 0 unspecified atom stereocenters. The highest BCUT2D eigenvalue weighted by Gasteiger charge is 2.26. The molecule has 1 aliphatic rings. The molecule has 2 heterocycles. The summed E-state index contributed by atoms with van der Waals surface area (Å²) in [5.41, 5.74) is 4.02. The van der Waals surface area contributed by atoms with Gasteiger partial charge in [-0.15, -0.1) is 0 Å². The number of fused-ring (bicyclic) bond motifs is 1. The number of ether oxygens (including phenoxy) is 2. The highest BCUT2D eigenvalue weighted by molar-refractivity contribution is 5.99. The second-order valence-electron chi connectivity index (χ2n) is 9.00. The lowest BCUT2D eigenvalue weighted by molar-refractivity contribution is 0.0409. The third-order valence-electron chi connectivity index (χ3n) is 6.13. The lowest BCUT2D eigenvalue weighted by atomic mass is 9.98. The topological polar surface area (TPSA) is 76.8 Å². The van der Waals surface area contributed by atoms with Gasteiger partial charge in [0, 0.05) is 37.9 Å². The second kappa shape index (κ2) is 10.3. The van der Waals surface area contributed by atoms with Gasteiger partial charge in [-0.2, -0.15) is 4.98 Å². The summed E-state index contributed by atoms with van der Waals surface area (Å²) in [5.74, 6) is 0.941. The van der Waals surface area contributed by atoms with E-state index in [0.29, 0.717) is 40.9 Å². The van der Waals surface area contributed by atoms with Crippen molar-refractivity contribution in [2.75, 3.05) is 32.2 Å². The van der Waals surface area contributed by atoms with Gasteiger partial charge >= 0.3 is 0 Å². The van der Waals surface area contributed by atoms with Crippen LogP contribution < -0.4 is 10.1 Å². The summed E-state index contributed by atoms with van der Waals surface area (Å²) in [6.45, 7) is 9.02. The zero-order valence-electron chi connectivity index (χ0n) is 19.9. The molecule has 4 rings (SSSR count). The molecule has 1 aromatic heterocycles. The fourth-order valence-corrected chi connectivity index (χ4v) is 4.25. The average Bonchev–Trinajstić information content (AvgIpc) is 3.24. The molecule has 3 aromatic rings. The number of oxazole rings is 1. The number of methoxy groups -OCH3 is 1. The normalized spacial score (nSPS) is 14.6. The van der Waals surface area contributed by atoms with E-state index in [1.807, 2.05) is 11.0 Å². The zero-order valence-corrected chi connectivity index (χ0v) is 19.9. The van der Waals surface area contributed by atoms with Crippen LogP contribution in [0.5, 0.6) is 5.75 Å². The lowest BCUT2D eigenvalue weighted by Gasteiger charge is -2.32. The van der Waals surface area contributed by atoms with Gasteiger partial charge in [0.15, 0.2) is 11.3 Å². The smallest absolute Gasteiger partial charge is 0.296 e. The predicted octanol–water partition coefficient (Wildman–Crippen LogP) is 5.03. The van der Waals surface area contributed by atoms with Gasteiger partial charge in [0.25, 0.3) is 11.9 Å². The van der Waals surface area contributed by atoms with E-state index in [1.165, 1.54) is 5.56 Å². The largest absolute Gasteiger partial charge is 0.493 e. The van der Waals surface area contributed by atoms with Crippen molar-refractivity contribution in [1.82, 2.24) is 9.88 Å². The van der Waals surface area contributed by atoms with Crippen LogP contribution in [0.3, 0.4) is 0 Å². The molecule has 2 aromatic carbocycles. The Labute approximate surface area is 195 Å². The molecule has 1 saturated heterocycles. The maximum atomic E-state index is 13.5. The Morgan fingerprint density at radius 1 is 1.24 bits per heavy atom. The Balaban J connectivity index is 1.56. The van der Waals surface area contributed by atoms with Crippen LogP contribution in [0, 0.1) is 12.8 Å². The Morgan fingerprint density at radius 3 is 2.73 bits per heavy atom. The van der Waals surface area contributed by atoms with Crippen molar-refractivity contribution >= 4 is 23.0 Å². The lowest BCUT2D eigenvalue weighted by Crippen LogP contribution is -2.41. The molecule has 0 atom stereocenters. The zero-order chi connectivity index (χ0) is 23.4. The molecule has 0 spiro atoms. The number of benzene rings is 2. The third kappa shape index (κ3) is 5.47. The van der Waals surface area contributed by atoms with E-state index < -0.39 is 0 Å². The summed E-state index contributed by atoms with van der Waals surface area (Å²) in [6.07, 6.45) is 1.97. The number of aryl methyl sites for hydroxylation is 1. The number of hydrogen-bond donors (Lipinski definition) is 1. The first-order valence-corrected chi connectivity index (χ1v) is 11.6. The minimum Gasteiger partial charge on any atom is -0.493 e. The molecule has 176 valence electrons. The fraction of sp³-hybridized carbons (Fsp3) is 0.462. The molecule has 0 saturated carbocycles. The van der Waals surface area contributed by atoms with Crippen LogP contribution in [0.4, 0.5) is 6.01 Å². The number of nitrogens with zero attached hydrogens (tertiary/aromatic N) is 2. The molecule has 7 nitrogen and oxygen atoms in total. The van der Waals surface area contributed by atoms with E-state index in [0.717, 1.165) is 38.2 Å². The van der Waals surface area contributed by atoms with Gasteiger partial charge < -0.3 is 24.1 Å². The molecule has 0 bridgehead atoms. The van der Waals surface area contributed by atoms with Gasteiger partial charge in [-0.3, -0.25) is 4.79 Å². The van der Waals surface area contributed by atoms with Gasteiger partial charge in [0.05, 0.1) is 7.11 Å². The van der Waals surface area contributed by atoms with E-state index in [-0.39, 0.29) is 11.9 Å². The standard InChI is InChI=1S/C26H33N3O4/c1-17(2)29(16-19-8-10-32-11-9-19)25(30)21-13-22-24(23(14-21)31-4)33-26(28-22)27-15-20-7-5-6-18(3)12-20/h5-7,12-14,17,19H,8-11,15-16H2,1-4H3,(H,27,28). The molecule has 1 amide bonds. The van der Waals surface area contributed by atoms with Crippen molar-refractivity contribution in [1.29, 1.82) is 0 Å². The molecule has 33 heavy (non-hydrogen) atoms. The van der Waals surface area contributed by atoms with E-state index in [2.05, 4.69) is 49.3 Å². The maximum Gasteiger partial charge on any atom is 0.296 e. The molecule has 7 heteroatoms. The predicted molar refractivity (Wildman–Crippen MR) is 129 cm³/mol. The molecule has 1 aliphatic heterocycles. The van der Waals surface area contributed by atoms with Gasteiger partial charge in [-0.25, -0.2) is 0 Å². The number of aromatic nitrogens is 1. The summed E-state index contributed by atoms with van der Waals surface area (Å²) in [6, 6.07) is 12.3. The second-order valence-corrected chi connectivity index (χ2v) is 9.00. The molecule has 0 radical (unpaired) electrons. The van der Waals surface area contributed by atoms with Crippen molar-refractivity contribution in [2.24, 2.45) is 5.92 Å². The van der Waals surface area contributed by atoms with Crippen molar-refractivity contribution in [3.63, 3.8) is 0 Å². The Hall–Kier alpha value is -3.06. The summed E-state index contributed by atoms with van der Waals surface area (Å²) < 4.78 is 16.9. The molecule has 0 aliphatic carbocycles. The van der Waals surface area contributed by atoms with Crippen LogP contribution in [0.25, 0.3) is 11.1 Å². The number of anilines is 1. The molecule has 1 N–H and O–H groups in total. The molecular formula is C26H33N3O4. The van der Waals surface area contributed by atoms with Crippen molar-refractivity contribution in [3.8, 4) is 5.75 Å². The monoisotopic (exact) mass is 451 g/mol. The summed E-state index contributed by atoms with van der Waals surface area (Å²) in [4.78, 5) is 20.0. The van der Waals surface area contributed by atoms with Crippen LogP contribution in [-0.2, 0) is 11.3 Å². The highest BCUT2D eigenvalue weighted by atomic mass is 16.5. The Bertz CT molecular complexity index is 1100. The number of nitrogens with one attached hydrogen (secondary N) is 1. The molecule has 1 fully saturated rings. The SMILES string of the molecule is COc1cc(C(=O)N(CC2CCOCC2)C(C)C)cc2nc(NCc3cccc(C)c3)oc12. The number of carbonyl (C=O) groups is 1. The first-order valence-electron chi connectivity index (χ1n) is 11.6. The van der Waals surface area contributed by atoms with Gasteiger partial charge in [-0.05, 0) is 57.2 Å². The number of amides is 1. The highest BCUT2D eigenvalue weighted by Crippen LogP contribution is 2.31. The van der Waals surface area contributed by atoms with Gasteiger partial charge in [0.1, 0.15) is 5.52 Å². The molecular weight excluding hydrogens is 418 g/mol. The van der Waals surface area contributed by atoms with Crippen molar-refractivity contribution in [2.45, 2.75) is 46.2 Å². The first kappa shape index (κ1) is 23.1. The number of rotatable bonds is 8. The van der Waals surface area contributed by atoms with Crippen molar-refractivity contribution in [3.05, 3.63) is 53.1 Å². The van der Waals surface area contributed by atoms with Crippen LogP contribution in [0.1, 0.15) is 48.2 Å². The first-order chi connectivity index (χ1) is 15.9. The minimum absolute atomic E-state index is 0.0195. The number of carbonyl (C=O) groups excluding carboxylic acids is 1. The van der Waals surface area contributed by atoms with Crippen LogP contribution in [0.15, 0.2) is 40.8 Å². The Kier molecular flexibility index (Phi) is 7.18. The summed E-state index contributed by atoms with van der Waals surface area (Å²) in [7, 11) is 1.58. The van der Waals surface area contributed by atoms with Crippen molar-refractivity contribution < 1.29 is 18.7 Å². The van der Waals surface area contributed by atoms with Gasteiger partial charge in [-0.1, -0.05) is 29.8 Å². The third-order valence-corrected chi connectivity index (χ3v) is 6.13. The maximum absolute atomic E-state index is 13.5. The van der Waals surface area contributed by atoms with Crippen LogP contribution in [0.2, 0.25) is 0 Å². The fourth-order valence-electron chi connectivity index (χ4n) is 4.25. The average molecular weight is 452 g/mol. The number of hydrogen-bond acceptors (Lipinski definition) is 6. The van der Waals surface area contributed by atoms with Crippen LogP contribution in [-0.4, -0.2) is 48.7 Å². The van der Waals surface area contributed by atoms with Gasteiger partial charge in [0.2, 0.25) is 0 Å². The van der Waals surface area contributed by atoms with E-state index in [9.17, 15) is 4.79 Å². The Morgan fingerprint density at radius 2 is 2.03 bits per heavy atom. The minimum atomic E-state index is -0.0195. The van der Waals surface area contributed by atoms with E-state index in [4.69, 9.17) is 13.9 Å². The van der Waals surface area contributed by atoms with E-state index in [1.54, 1.807) is 19.2 Å². The summed E-state index contributed by atoms with van der Waals surface area (Å²) >= 11 is 0. The van der Waals surface area contributed by atoms with Crippen LogP contribution >= 0.6 is 0 Å².